The van der Waals surface area contributed by atoms with Crippen molar-refractivity contribution in [3.05, 3.63) is 0 Å². The third-order valence-corrected chi connectivity index (χ3v) is 4.39. The molecule has 0 spiro atoms. The number of hydrogen-bond donors (Lipinski definition) is 1. The van der Waals surface area contributed by atoms with Crippen molar-refractivity contribution in [2.45, 2.75) is 73.4 Å². The Bertz CT molecular complexity index is 208. The molecule has 3 atom stereocenters. The molecule has 0 fully saturated rings. The zero-order chi connectivity index (χ0) is 14.3. The average Bonchev–Trinajstić information content (AvgIpc) is 2.30. The molecule has 3 unspecified atom stereocenters. The number of nitrogens with one attached hydrogen (secondary N) is 1. The van der Waals surface area contributed by atoms with Crippen molar-refractivity contribution in [2.75, 3.05) is 20.1 Å². The summed E-state index contributed by atoms with van der Waals surface area (Å²) in [5.74, 6) is 0.742. The summed E-state index contributed by atoms with van der Waals surface area (Å²) in [5.41, 5.74) is 0.347. The summed E-state index contributed by atoms with van der Waals surface area (Å²) < 4.78 is 0. The van der Waals surface area contributed by atoms with E-state index in [0.29, 0.717) is 17.5 Å². The van der Waals surface area contributed by atoms with Crippen molar-refractivity contribution >= 4 is 0 Å². The molecule has 0 aliphatic carbocycles. The van der Waals surface area contributed by atoms with Gasteiger partial charge in [-0.05, 0) is 38.3 Å². The lowest BCUT2D eigenvalue weighted by Gasteiger charge is -2.38. The molecule has 2 nitrogen and oxygen atoms in total. The molecule has 0 aromatic heterocycles. The van der Waals surface area contributed by atoms with Crippen molar-refractivity contribution in [1.82, 2.24) is 10.2 Å². The van der Waals surface area contributed by atoms with Gasteiger partial charge in [0.15, 0.2) is 0 Å². The zero-order valence-corrected chi connectivity index (χ0v) is 14.0. The first-order valence-electron chi connectivity index (χ1n) is 7.67. The van der Waals surface area contributed by atoms with Crippen molar-refractivity contribution in [3.8, 4) is 0 Å². The van der Waals surface area contributed by atoms with Crippen LogP contribution in [0.1, 0.15) is 61.3 Å². The van der Waals surface area contributed by atoms with E-state index in [1.807, 2.05) is 0 Å². The summed E-state index contributed by atoms with van der Waals surface area (Å²) in [6, 6.07) is 1.22. The van der Waals surface area contributed by atoms with Gasteiger partial charge in [-0.3, -0.25) is 0 Å². The van der Waals surface area contributed by atoms with E-state index in [2.05, 4.69) is 65.7 Å². The average molecular weight is 256 g/mol. The minimum absolute atomic E-state index is 0.347. The van der Waals surface area contributed by atoms with E-state index in [4.69, 9.17) is 0 Å². The molecule has 110 valence electrons. The Morgan fingerprint density at radius 2 is 1.67 bits per heavy atom. The van der Waals surface area contributed by atoms with Gasteiger partial charge >= 0.3 is 0 Å². The van der Waals surface area contributed by atoms with Gasteiger partial charge in [0, 0.05) is 18.6 Å². The van der Waals surface area contributed by atoms with Gasteiger partial charge in [-0.2, -0.15) is 0 Å². The lowest BCUT2D eigenvalue weighted by atomic mass is 9.86. The second kappa shape index (κ2) is 8.16. The first kappa shape index (κ1) is 17.9. The predicted octanol–water partition coefficient (Wildman–Crippen LogP) is 3.77. The summed E-state index contributed by atoms with van der Waals surface area (Å²) >= 11 is 0. The van der Waals surface area contributed by atoms with Gasteiger partial charge in [-0.15, -0.1) is 0 Å². The van der Waals surface area contributed by atoms with Crippen molar-refractivity contribution in [3.63, 3.8) is 0 Å². The second-order valence-corrected chi connectivity index (χ2v) is 6.93. The smallest absolute Gasteiger partial charge is 0.0220 e. The first-order chi connectivity index (χ1) is 8.23. The van der Waals surface area contributed by atoms with E-state index in [-0.39, 0.29) is 0 Å². The molecular weight excluding hydrogens is 220 g/mol. The minimum atomic E-state index is 0.347. The maximum Gasteiger partial charge on any atom is 0.0220 e. The molecular formula is C16H36N2. The van der Waals surface area contributed by atoms with Crippen LogP contribution in [0.15, 0.2) is 0 Å². The Balaban J connectivity index is 4.47. The summed E-state index contributed by atoms with van der Waals surface area (Å²) in [4.78, 5) is 2.51. The van der Waals surface area contributed by atoms with Crippen LogP contribution in [0.4, 0.5) is 0 Å². The molecule has 0 aromatic carbocycles. The van der Waals surface area contributed by atoms with Crippen LogP contribution in [0.2, 0.25) is 0 Å². The van der Waals surface area contributed by atoms with E-state index in [1.54, 1.807) is 0 Å². The fraction of sp³-hybridized carbons (Fsp3) is 1.00. The van der Waals surface area contributed by atoms with E-state index in [0.717, 1.165) is 19.0 Å². The van der Waals surface area contributed by atoms with Crippen LogP contribution in [0.25, 0.3) is 0 Å². The lowest BCUT2D eigenvalue weighted by Crippen LogP contribution is -2.49. The van der Waals surface area contributed by atoms with Crippen LogP contribution in [0.3, 0.4) is 0 Å². The van der Waals surface area contributed by atoms with Gasteiger partial charge in [-0.1, -0.05) is 48.0 Å². The molecule has 0 heterocycles. The van der Waals surface area contributed by atoms with E-state index < -0.39 is 0 Å². The first-order valence-corrected chi connectivity index (χ1v) is 7.67. The van der Waals surface area contributed by atoms with Crippen molar-refractivity contribution in [1.29, 1.82) is 0 Å². The highest BCUT2D eigenvalue weighted by Gasteiger charge is 2.26. The highest BCUT2D eigenvalue weighted by molar-refractivity contribution is 4.82. The van der Waals surface area contributed by atoms with Gasteiger partial charge in [0.2, 0.25) is 0 Å². The standard InChI is InChI=1S/C16H36N2/c1-9-11-17-15(13(3)10-2)12-18(8)14(4)16(5,6)7/h13-15,17H,9-12H2,1-8H3. The molecule has 0 radical (unpaired) electrons. The number of rotatable bonds is 8. The van der Waals surface area contributed by atoms with Crippen LogP contribution in [0.5, 0.6) is 0 Å². The van der Waals surface area contributed by atoms with Crippen LogP contribution in [0, 0.1) is 11.3 Å². The summed E-state index contributed by atoms with van der Waals surface area (Å²) in [7, 11) is 2.26. The van der Waals surface area contributed by atoms with Crippen LogP contribution < -0.4 is 5.32 Å². The molecule has 0 bridgehead atoms. The molecule has 0 saturated heterocycles. The summed E-state index contributed by atoms with van der Waals surface area (Å²) in [6.45, 7) is 18.5. The fourth-order valence-corrected chi connectivity index (χ4v) is 2.19. The summed E-state index contributed by atoms with van der Waals surface area (Å²) in [5, 5.41) is 3.72. The van der Waals surface area contributed by atoms with E-state index in [9.17, 15) is 0 Å². The Labute approximate surface area is 116 Å². The predicted molar refractivity (Wildman–Crippen MR) is 83.1 cm³/mol. The highest BCUT2D eigenvalue weighted by atomic mass is 15.2. The Hall–Kier alpha value is -0.0800. The Kier molecular flexibility index (Phi) is 8.13. The number of likely N-dealkylation sites (N-methyl/N-ethyl adjacent to an activating group) is 1. The zero-order valence-electron chi connectivity index (χ0n) is 14.0. The van der Waals surface area contributed by atoms with E-state index in [1.165, 1.54) is 12.8 Å². The molecule has 0 aliphatic heterocycles. The lowest BCUT2D eigenvalue weighted by molar-refractivity contribution is 0.118. The molecule has 0 rings (SSSR count). The Morgan fingerprint density at radius 3 is 2.06 bits per heavy atom. The second-order valence-electron chi connectivity index (χ2n) is 6.93. The van der Waals surface area contributed by atoms with Crippen molar-refractivity contribution in [2.24, 2.45) is 11.3 Å². The van der Waals surface area contributed by atoms with Crippen LogP contribution >= 0.6 is 0 Å². The molecule has 0 amide bonds. The topological polar surface area (TPSA) is 15.3 Å². The molecule has 1 N–H and O–H groups in total. The van der Waals surface area contributed by atoms with Gasteiger partial charge in [0.25, 0.3) is 0 Å². The van der Waals surface area contributed by atoms with Gasteiger partial charge in [0.05, 0.1) is 0 Å². The minimum Gasteiger partial charge on any atom is -0.312 e. The normalized spacial score (nSPS) is 17.8. The summed E-state index contributed by atoms with van der Waals surface area (Å²) in [6.07, 6.45) is 2.46. The molecule has 2 heteroatoms. The van der Waals surface area contributed by atoms with Crippen molar-refractivity contribution < 1.29 is 0 Å². The SMILES string of the molecule is CCCNC(CN(C)C(C)C(C)(C)C)C(C)CC. The molecule has 18 heavy (non-hydrogen) atoms. The number of nitrogens with zero attached hydrogens (tertiary/aromatic N) is 1. The quantitative estimate of drug-likeness (QED) is 0.711. The van der Waals surface area contributed by atoms with Crippen LogP contribution in [-0.4, -0.2) is 37.1 Å². The van der Waals surface area contributed by atoms with Gasteiger partial charge in [-0.25, -0.2) is 0 Å². The molecule has 0 aliphatic rings. The van der Waals surface area contributed by atoms with Crippen LogP contribution in [-0.2, 0) is 0 Å². The van der Waals surface area contributed by atoms with E-state index >= 15 is 0 Å². The highest BCUT2D eigenvalue weighted by Crippen LogP contribution is 2.23. The van der Waals surface area contributed by atoms with Gasteiger partial charge in [0.1, 0.15) is 0 Å². The molecule has 0 saturated carbocycles. The monoisotopic (exact) mass is 256 g/mol. The van der Waals surface area contributed by atoms with Gasteiger partial charge < -0.3 is 10.2 Å². The maximum atomic E-state index is 3.72. The fourth-order valence-electron chi connectivity index (χ4n) is 2.19. The Morgan fingerprint density at radius 1 is 1.11 bits per heavy atom. The number of hydrogen-bond acceptors (Lipinski definition) is 2. The largest absolute Gasteiger partial charge is 0.312 e. The third kappa shape index (κ3) is 6.19. The third-order valence-electron chi connectivity index (χ3n) is 4.39. The maximum absolute atomic E-state index is 3.72. The molecule has 0 aromatic rings.